The summed E-state index contributed by atoms with van der Waals surface area (Å²) in [5.74, 6) is -0.164. The lowest BCUT2D eigenvalue weighted by atomic mass is 9.85. The van der Waals surface area contributed by atoms with E-state index in [0.29, 0.717) is 6.04 Å². The van der Waals surface area contributed by atoms with Crippen LogP contribution in [0, 0.1) is 0 Å². The number of esters is 1. The molecule has 18 heavy (non-hydrogen) atoms. The lowest BCUT2D eigenvalue weighted by Gasteiger charge is -2.41. The van der Waals surface area contributed by atoms with Gasteiger partial charge in [-0.25, -0.2) is 0 Å². The molecular weight excluding hydrogens is 230 g/mol. The molecule has 0 radical (unpaired) electrons. The van der Waals surface area contributed by atoms with E-state index in [1.54, 1.807) is 0 Å². The highest BCUT2D eigenvalue weighted by Crippen LogP contribution is 2.31. The highest BCUT2D eigenvalue weighted by Gasteiger charge is 2.35. The van der Waals surface area contributed by atoms with Gasteiger partial charge in [-0.3, -0.25) is 4.79 Å². The van der Waals surface area contributed by atoms with Gasteiger partial charge in [0, 0.05) is 12.6 Å². The Morgan fingerprint density at radius 2 is 2.11 bits per heavy atom. The van der Waals surface area contributed by atoms with E-state index in [0.717, 1.165) is 38.7 Å². The maximum absolute atomic E-state index is 11.6. The van der Waals surface area contributed by atoms with Crippen LogP contribution >= 0.6 is 0 Å². The summed E-state index contributed by atoms with van der Waals surface area (Å²) in [6.45, 7) is 7.12. The quantitative estimate of drug-likeness (QED) is 0.742. The molecule has 0 aliphatic carbocycles. The number of carbonyl (C=O) groups is 1. The van der Waals surface area contributed by atoms with Gasteiger partial charge in [0.15, 0.2) is 0 Å². The fraction of sp³-hybridized carbons (Fsp3) is 0.929. The van der Waals surface area contributed by atoms with E-state index in [9.17, 15) is 4.79 Å². The Morgan fingerprint density at radius 1 is 1.44 bits per heavy atom. The van der Waals surface area contributed by atoms with Gasteiger partial charge in [-0.2, -0.15) is 0 Å². The molecular formula is C14H27NO3. The summed E-state index contributed by atoms with van der Waals surface area (Å²) < 4.78 is 10.8. The van der Waals surface area contributed by atoms with E-state index in [4.69, 9.17) is 9.47 Å². The van der Waals surface area contributed by atoms with E-state index in [1.807, 2.05) is 6.92 Å². The Bertz CT molecular complexity index is 264. The fourth-order valence-corrected chi connectivity index (χ4v) is 2.69. The molecule has 0 aromatic heterocycles. The maximum atomic E-state index is 11.6. The molecule has 2 atom stereocenters. The first-order valence-corrected chi connectivity index (χ1v) is 7.08. The molecule has 1 N–H and O–H groups in total. The van der Waals surface area contributed by atoms with Crippen LogP contribution in [0.3, 0.4) is 0 Å². The predicted octanol–water partition coefficient (Wildman–Crippen LogP) is 2.27. The molecule has 0 bridgehead atoms. The first-order chi connectivity index (χ1) is 8.60. The van der Waals surface area contributed by atoms with Crippen LogP contribution in [0.2, 0.25) is 0 Å². The average Bonchev–Trinajstić information content (AvgIpc) is 2.44. The average molecular weight is 257 g/mol. The van der Waals surface area contributed by atoms with E-state index < -0.39 is 0 Å². The molecule has 1 saturated heterocycles. The third-order valence-corrected chi connectivity index (χ3v) is 4.11. The van der Waals surface area contributed by atoms with Crippen LogP contribution < -0.4 is 5.32 Å². The van der Waals surface area contributed by atoms with Gasteiger partial charge in [0.05, 0.1) is 12.7 Å². The third-order valence-electron chi connectivity index (χ3n) is 4.11. The van der Waals surface area contributed by atoms with Crippen molar-refractivity contribution in [1.29, 1.82) is 0 Å². The minimum absolute atomic E-state index is 0.00960. The minimum Gasteiger partial charge on any atom is -0.468 e. The lowest BCUT2D eigenvalue weighted by molar-refractivity contribution is -0.144. The maximum Gasteiger partial charge on any atom is 0.322 e. The van der Waals surface area contributed by atoms with Crippen LogP contribution in [-0.4, -0.2) is 37.4 Å². The molecule has 2 unspecified atom stereocenters. The van der Waals surface area contributed by atoms with Crippen LogP contribution in [0.15, 0.2) is 0 Å². The number of ether oxygens (including phenoxy) is 2. The second kappa shape index (κ2) is 7.10. The SMILES string of the molecule is CCC(NC1CCOC(CC)(CC)C1)C(=O)OC. The highest BCUT2D eigenvalue weighted by molar-refractivity contribution is 5.75. The summed E-state index contributed by atoms with van der Waals surface area (Å²) in [7, 11) is 1.44. The number of hydrogen-bond acceptors (Lipinski definition) is 4. The topological polar surface area (TPSA) is 47.6 Å². The fourth-order valence-electron chi connectivity index (χ4n) is 2.69. The van der Waals surface area contributed by atoms with Gasteiger partial charge in [-0.05, 0) is 32.1 Å². The van der Waals surface area contributed by atoms with Crippen molar-refractivity contribution in [3.63, 3.8) is 0 Å². The summed E-state index contributed by atoms with van der Waals surface area (Å²) in [4.78, 5) is 11.6. The van der Waals surface area contributed by atoms with Crippen LogP contribution in [0.5, 0.6) is 0 Å². The Kier molecular flexibility index (Phi) is 6.09. The summed E-state index contributed by atoms with van der Waals surface area (Å²) in [6, 6.07) is 0.159. The van der Waals surface area contributed by atoms with Crippen LogP contribution in [-0.2, 0) is 14.3 Å². The molecule has 0 spiro atoms. The zero-order valence-electron chi connectivity index (χ0n) is 12.1. The number of methoxy groups -OCH3 is 1. The van der Waals surface area contributed by atoms with Gasteiger partial charge in [-0.1, -0.05) is 20.8 Å². The summed E-state index contributed by atoms with van der Waals surface area (Å²) in [5, 5.41) is 3.43. The summed E-state index contributed by atoms with van der Waals surface area (Å²) in [5.41, 5.74) is -0.00960. The first-order valence-electron chi connectivity index (χ1n) is 7.08. The second-order valence-electron chi connectivity index (χ2n) is 5.08. The standard InChI is InChI=1S/C14H27NO3/c1-5-12(13(16)17-4)15-11-8-9-18-14(6-2,7-3)10-11/h11-12,15H,5-10H2,1-4H3. The summed E-state index contributed by atoms with van der Waals surface area (Å²) >= 11 is 0. The van der Waals surface area contributed by atoms with Gasteiger partial charge < -0.3 is 14.8 Å². The molecule has 1 aliphatic rings. The number of rotatable bonds is 6. The number of hydrogen-bond donors (Lipinski definition) is 1. The van der Waals surface area contributed by atoms with Gasteiger partial charge in [0.2, 0.25) is 0 Å². The van der Waals surface area contributed by atoms with Gasteiger partial charge in [0.1, 0.15) is 6.04 Å². The van der Waals surface area contributed by atoms with Gasteiger partial charge in [0.25, 0.3) is 0 Å². The second-order valence-corrected chi connectivity index (χ2v) is 5.08. The lowest BCUT2D eigenvalue weighted by Crippen LogP contribution is -2.51. The van der Waals surface area contributed by atoms with Gasteiger partial charge >= 0.3 is 5.97 Å². The molecule has 1 rings (SSSR count). The van der Waals surface area contributed by atoms with Crippen molar-refractivity contribution in [3.05, 3.63) is 0 Å². The van der Waals surface area contributed by atoms with E-state index in [2.05, 4.69) is 19.2 Å². The highest BCUT2D eigenvalue weighted by atomic mass is 16.5. The Labute approximate surface area is 110 Å². The van der Waals surface area contributed by atoms with E-state index in [-0.39, 0.29) is 17.6 Å². The molecule has 1 heterocycles. The third kappa shape index (κ3) is 3.69. The Morgan fingerprint density at radius 3 is 2.61 bits per heavy atom. The van der Waals surface area contributed by atoms with Crippen molar-refractivity contribution in [2.45, 2.75) is 70.6 Å². The number of nitrogens with one attached hydrogen (secondary N) is 1. The molecule has 0 aromatic carbocycles. The predicted molar refractivity (Wildman–Crippen MR) is 71.5 cm³/mol. The molecule has 1 aliphatic heterocycles. The molecule has 0 aromatic rings. The normalized spacial score (nSPS) is 24.6. The first kappa shape index (κ1) is 15.4. The zero-order chi connectivity index (χ0) is 13.6. The van der Waals surface area contributed by atoms with Crippen LogP contribution in [0.4, 0.5) is 0 Å². The molecule has 0 amide bonds. The smallest absolute Gasteiger partial charge is 0.322 e. The molecule has 4 nitrogen and oxygen atoms in total. The van der Waals surface area contributed by atoms with Crippen molar-refractivity contribution in [2.24, 2.45) is 0 Å². The Hall–Kier alpha value is -0.610. The van der Waals surface area contributed by atoms with Crippen molar-refractivity contribution >= 4 is 5.97 Å². The molecule has 106 valence electrons. The summed E-state index contributed by atoms with van der Waals surface area (Å²) in [6.07, 6.45) is 4.76. The monoisotopic (exact) mass is 257 g/mol. The zero-order valence-corrected chi connectivity index (χ0v) is 12.1. The van der Waals surface area contributed by atoms with Crippen LogP contribution in [0.25, 0.3) is 0 Å². The minimum atomic E-state index is -0.190. The molecule has 1 fully saturated rings. The molecule has 4 heteroatoms. The largest absolute Gasteiger partial charge is 0.468 e. The van der Waals surface area contributed by atoms with Crippen molar-refractivity contribution in [2.75, 3.05) is 13.7 Å². The Balaban J connectivity index is 2.58. The van der Waals surface area contributed by atoms with Crippen LogP contribution in [0.1, 0.15) is 52.9 Å². The van der Waals surface area contributed by atoms with Crippen molar-refractivity contribution < 1.29 is 14.3 Å². The number of carbonyl (C=O) groups excluding carboxylic acids is 1. The van der Waals surface area contributed by atoms with Gasteiger partial charge in [-0.15, -0.1) is 0 Å². The van der Waals surface area contributed by atoms with E-state index in [1.165, 1.54) is 7.11 Å². The van der Waals surface area contributed by atoms with E-state index >= 15 is 0 Å². The van der Waals surface area contributed by atoms with Crippen molar-refractivity contribution in [1.82, 2.24) is 5.32 Å². The van der Waals surface area contributed by atoms with Crippen molar-refractivity contribution in [3.8, 4) is 0 Å². The molecule has 0 saturated carbocycles.